The van der Waals surface area contributed by atoms with Crippen molar-refractivity contribution in [3.05, 3.63) is 142 Å². The first-order chi connectivity index (χ1) is 29.8. The van der Waals surface area contributed by atoms with E-state index in [9.17, 15) is 44.3 Å². The van der Waals surface area contributed by atoms with Crippen LogP contribution < -0.4 is 20.8 Å². The summed E-state index contributed by atoms with van der Waals surface area (Å²) in [5, 5.41) is 7.06. The Kier molecular flexibility index (Phi) is 11.9. The van der Waals surface area contributed by atoms with E-state index in [2.05, 4.69) is 50.5 Å². The Morgan fingerprint density at radius 1 is 0.651 bits per heavy atom. The van der Waals surface area contributed by atoms with Crippen LogP contribution in [0.4, 0.5) is 62.8 Å². The van der Waals surface area contributed by atoms with E-state index in [1.165, 1.54) is 18.5 Å². The summed E-state index contributed by atoms with van der Waals surface area (Å²) in [6.07, 6.45) is -7.71. The summed E-state index contributed by atoms with van der Waals surface area (Å²) in [6.45, 7) is 1.78. The van der Waals surface area contributed by atoms with Crippen LogP contribution in [0.15, 0.2) is 115 Å². The average Bonchev–Trinajstić information content (AvgIpc) is 3.24. The third-order valence-corrected chi connectivity index (χ3v) is 9.16. The van der Waals surface area contributed by atoms with Crippen LogP contribution in [0.2, 0.25) is 0 Å². The highest BCUT2D eigenvalue weighted by Gasteiger charge is 2.32. The fraction of sp³-hybridized carbons (Fsp3) is 0.143. The van der Waals surface area contributed by atoms with Gasteiger partial charge in [0.15, 0.2) is 12.0 Å². The van der Waals surface area contributed by atoms with Crippen LogP contribution in [0.3, 0.4) is 0 Å². The Balaban J connectivity index is 0.000000191. The Morgan fingerprint density at radius 2 is 1.29 bits per heavy atom. The van der Waals surface area contributed by atoms with Gasteiger partial charge in [0.25, 0.3) is 0 Å². The highest BCUT2D eigenvalue weighted by molar-refractivity contribution is 5.86. The maximum absolute atomic E-state index is 12.8. The van der Waals surface area contributed by atoms with E-state index >= 15 is 0 Å². The molecule has 0 saturated carbocycles. The Hall–Kier alpha value is -7.71. The van der Waals surface area contributed by atoms with Crippen LogP contribution >= 0.6 is 0 Å². The Morgan fingerprint density at radius 3 is 1.92 bits per heavy atom. The van der Waals surface area contributed by atoms with Gasteiger partial charge < -0.3 is 20.4 Å². The number of nitrogens with one attached hydrogen (secondary N) is 3. The second-order valence-corrected chi connectivity index (χ2v) is 13.6. The molecule has 0 radical (unpaired) electrons. The second-order valence-electron chi connectivity index (χ2n) is 13.6. The first kappa shape index (κ1) is 43.4. The van der Waals surface area contributed by atoms with Gasteiger partial charge in [0.1, 0.15) is 29.6 Å². The van der Waals surface area contributed by atoms with Gasteiger partial charge in [-0.25, -0.2) is 19.9 Å². The van der Waals surface area contributed by atoms with Crippen LogP contribution in [0.5, 0.6) is 6.01 Å². The molecular weight excluding hydrogens is 848 g/mol. The van der Waals surface area contributed by atoms with Gasteiger partial charge in [-0.2, -0.15) is 49.5 Å². The van der Waals surface area contributed by atoms with Gasteiger partial charge in [-0.05, 0) is 62.4 Å². The average molecular weight is 877 g/mol. The van der Waals surface area contributed by atoms with E-state index < -0.39 is 42.3 Å². The molecule has 322 valence electrons. The fourth-order valence-corrected chi connectivity index (χ4v) is 6.03. The van der Waals surface area contributed by atoms with Crippen LogP contribution in [0.1, 0.15) is 22.3 Å². The number of nitrogens with zero attached hydrogens (tertiary/aromatic N) is 7. The van der Waals surface area contributed by atoms with Crippen molar-refractivity contribution in [2.24, 2.45) is 0 Å². The van der Waals surface area contributed by atoms with Crippen molar-refractivity contribution in [2.45, 2.75) is 32.4 Å². The zero-order valence-corrected chi connectivity index (χ0v) is 32.4. The number of H-pyrrole nitrogens is 1. The van der Waals surface area contributed by atoms with E-state index in [1.807, 2.05) is 12.1 Å². The van der Waals surface area contributed by atoms with Crippen molar-refractivity contribution >= 4 is 45.1 Å². The van der Waals surface area contributed by atoms with Crippen molar-refractivity contribution in [3.8, 4) is 28.5 Å². The summed E-state index contributed by atoms with van der Waals surface area (Å²) in [4.78, 5) is 43.3. The van der Waals surface area contributed by atoms with E-state index in [0.29, 0.717) is 50.8 Å². The molecule has 3 N–H and O–H groups in total. The minimum atomic E-state index is -4.62. The van der Waals surface area contributed by atoms with Gasteiger partial charge in [0.05, 0.1) is 28.0 Å². The van der Waals surface area contributed by atoms with Gasteiger partial charge in [-0.1, -0.05) is 24.3 Å². The number of benzene rings is 2. The van der Waals surface area contributed by atoms with Crippen LogP contribution in [0.25, 0.3) is 44.3 Å². The van der Waals surface area contributed by atoms with Crippen LogP contribution in [-0.2, 0) is 12.4 Å². The summed E-state index contributed by atoms with van der Waals surface area (Å²) < 4.78 is 119. The first-order valence-corrected chi connectivity index (χ1v) is 18.3. The maximum Gasteiger partial charge on any atom is 0.422 e. The molecule has 2 aromatic carbocycles. The first-order valence-electron chi connectivity index (χ1n) is 18.3. The van der Waals surface area contributed by atoms with Gasteiger partial charge in [-0.15, -0.1) is 0 Å². The lowest BCUT2D eigenvalue weighted by Crippen LogP contribution is -2.20. The fourth-order valence-electron chi connectivity index (χ4n) is 6.03. The van der Waals surface area contributed by atoms with Crippen molar-refractivity contribution in [1.29, 1.82) is 0 Å². The maximum atomic E-state index is 12.8. The molecule has 0 atom stereocenters. The molecule has 63 heavy (non-hydrogen) atoms. The quantitative estimate of drug-likeness (QED) is 0.125. The number of rotatable bonds is 8. The van der Waals surface area contributed by atoms with Gasteiger partial charge in [-0.3, -0.25) is 9.78 Å². The molecule has 0 fully saturated rings. The van der Waals surface area contributed by atoms with Gasteiger partial charge in [0, 0.05) is 69.4 Å². The SMILES string of the molecule is Cc1c(Nc2ccc(C(F)(F)F)cn2)nc(OCC(F)(F)F)nc1-c1ccc2cccnc2c1.Cc1c(Nc2ccc(C(F)(F)F)cn2)ncnc1-c1ccc2c(=O)cc[nH]c2c1. The Labute approximate surface area is 349 Å². The van der Waals surface area contributed by atoms with Crippen LogP contribution in [0, 0.1) is 13.8 Å². The second kappa shape index (κ2) is 17.3. The lowest BCUT2D eigenvalue weighted by molar-refractivity contribution is -0.154. The van der Waals surface area contributed by atoms with Gasteiger partial charge >= 0.3 is 24.5 Å². The predicted molar refractivity (Wildman–Crippen MR) is 214 cm³/mol. The number of aromatic nitrogens is 8. The van der Waals surface area contributed by atoms with Crippen molar-refractivity contribution in [1.82, 2.24) is 39.9 Å². The number of pyridine rings is 4. The molecule has 12 nitrogen and oxygen atoms in total. The zero-order chi connectivity index (χ0) is 45.1. The van der Waals surface area contributed by atoms with Gasteiger partial charge in [0.2, 0.25) is 0 Å². The van der Waals surface area contributed by atoms with E-state index in [1.54, 1.807) is 62.6 Å². The molecule has 8 aromatic rings. The monoisotopic (exact) mass is 876 g/mol. The normalized spacial score (nSPS) is 11.9. The summed E-state index contributed by atoms with van der Waals surface area (Å²) in [5.74, 6) is 0.677. The molecule has 0 aliphatic rings. The number of alkyl halides is 9. The van der Waals surface area contributed by atoms with E-state index in [0.717, 1.165) is 35.3 Å². The molecule has 0 amide bonds. The molecule has 6 heterocycles. The number of hydrogen-bond acceptors (Lipinski definition) is 11. The molecule has 0 bridgehead atoms. The number of anilines is 4. The number of aromatic amines is 1. The topological polar surface area (TPSA) is 156 Å². The number of halogens is 9. The lowest BCUT2D eigenvalue weighted by Gasteiger charge is -2.15. The largest absolute Gasteiger partial charge is 0.454 e. The minimum absolute atomic E-state index is 0.00250. The van der Waals surface area contributed by atoms with Crippen molar-refractivity contribution in [3.63, 3.8) is 0 Å². The smallest absolute Gasteiger partial charge is 0.422 e. The third kappa shape index (κ3) is 10.4. The van der Waals surface area contributed by atoms with Crippen LogP contribution in [-0.4, -0.2) is 52.7 Å². The molecule has 0 saturated heterocycles. The number of hydrogen-bond donors (Lipinski definition) is 3. The summed E-state index contributed by atoms with van der Waals surface area (Å²) >= 11 is 0. The summed E-state index contributed by atoms with van der Waals surface area (Å²) in [5.41, 5.74) is 2.73. The van der Waals surface area contributed by atoms with Crippen molar-refractivity contribution < 1.29 is 44.3 Å². The minimum Gasteiger partial charge on any atom is -0.454 e. The third-order valence-electron chi connectivity index (χ3n) is 9.16. The lowest BCUT2D eigenvalue weighted by atomic mass is 10.0. The highest BCUT2D eigenvalue weighted by Crippen LogP contribution is 2.34. The molecule has 0 unspecified atom stereocenters. The zero-order valence-electron chi connectivity index (χ0n) is 32.4. The molecular formula is C42H29F9N10O2. The molecule has 0 spiro atoms. The molecule has 0 aliphatic heterocycles. The van der Waals surface area contributed by atoms with E-state index in [4.69, 9.17) is 4.74 Å². The molecule has 0 aliphatic carbocycles. The Bertz CT molecular complexity index is 2980. The molecule has 8 rings (SSSR count). The molecule has 6 aromatic heterocycles. The summed E-state index contributed by atoms with van der Waals surface area (Å²) in [7, 11) is 0. The van der Waals surface area contributed by atoms with Crippen molar-refractivity contribution in [2.75, 3.05) is 17.2 Å². The highest BCUT2D eigenvalue weighted by atomic mass is 19.4. The number of fused-ring (bicyclic) bond motifs is 2. The number of ether oxygens (including phenoxy) is 1. The summed E-state index contributed by atoms with van der Waals surface area (Å²) in [6, 6.07) is 19.1. The standard InChI is InChI=1S/C22H15F6N5O.C20H14F3N5O/c1-12-18(14-5-4-13-3-2-8-29-16(13)9-14)32-20(34-11-21(23,24)25)33-19(12)31-17-7-6-15(10-30-17)22(26,27)28;1-11-18(12-2-4-14-15(8-12)24-7-6-16(14)29)26-10-27-19(11)28-17-5-3-13(9-25-17)20(21,22)23/h2-10H,11H2,1H3,(H,30,31,32,33);2-10H,1H3,(H,24,29)(H,25,26,27,28). The molecule has 21 heteroatoms. The van der Waals surface area contributed by atoms with E-state index in [-0.39, 0.29) is 28.6 Å². The predicted octanol–water partition coefficient (Wildman–Crippen LogP) is 10.5.